The molecule has 2 aliphatic rings. The molecule has 1 N–H and O–H groups in total. The Morgan fingerprint density at radius 1 is 1.00 bits per heavy atom. The van der Waals surface area contributed by atoms with Gasteiger partial charge in [0.25, 0.3) is 5.91 Å². The van der Waals surface area contributed by atoms with Gasteiger partial charge in [0.1, 0.15) is 0 Å². The molecule has 31 heavy (non-hydrogen) atoms. The Bertz CT molecular complexity index is 934. The molecule has 0 saturated carbocycles. The van der Waals surface area contributed by atoms with Crippen molar-refractivity contribution in [1.29, 1.82) is 0 Å². The highest BCUT2D eigenvalue weighted by Gasteiger charge is 2.38. The number of aryl methyl sites for hydroxylation is 1. The topological polar surface area (TPSA) is 69.7 Å². The summed E-state index contributed by atoms with van der Waals surface area (Å²) < 4.78 is 0. The number of hydrogen-bond acceptors (Lipinski definition) is 3. The van der Waals surface area contributed by atoms with E-state index in [0.717, 1.165) is 24.9 Å². The van der Waals surface area contributed by atoms with Crippen LogP contribution in [0, 0.1) is 5.92 Å². The number of carbonyl (C=O) groups excluding carboxylic acids is 3. The summed E-state index contributed by atoms with van der Waals surface area (Å²) in [6.45, 7) is 3.75. The minimum absolute atomic E-state index is 0.00705. The van der Waals surface area contributed by atoms with Gasteiger partial charge in [-0.2, -0.15) is 0 Å². The molecule has 2 aromatic carbocycles. The van der Waals surface area contributed by atoms with Crippen LogP contribution in [-0.2, 0) is 16.0 Å². The Labute approximate surface area is 183 Å². The van der Waals surface area contributed by atoms with Gasteiger partial charge in [-0.25, -0.2) is 0 Å². The molecule has 0 radical (unpaired) electrons. The number of likely N-dealkylation sites (tertiary alicyclic amines) is 1. The molecule has 2 saturated heterocycles. The summed E-state index contributed by atoms with van der Waals surface area (Å²) in [5.74, 6) is -0.313. The highest BCUT2D eigenvalue weighted by Crippen LogP contribution is 2.27. The van der Waals surface area contributed by atoms with Gasteiger partial charge in [0.05, 0.1) is 5.92 Å². The Kier molecular flexibility index (Phi) is 6.35. The van der Waals surface area contributed by atoms with Gasteiger partial charge in [0, 0.05) is 43.3 Å². The van der Waals surface area contributed by atoms with Crippen molar-refractivity contribution in [3.05, 3.63) is 65.7 Å². The minimum Gasteiger partial charge on any atom is -0.349 e. The molecule has 0 aliphatic carbocycles. The largest absolute Gasteiger partial charge is 0.349 e. The van der Waals surface area contributed by atoms with Crippen molar-refractivity contribution in [1.82, 2.24) is 10.2 Å². The Hall–Kier alpha value is -3.15. The lowest BCUT2D eigenvalue weighted by atomic mass is 10.0. The standard InChI is InChI=1S/C25H29N3O3/c1-2-18-8-10-22(11-9-18)28-17-20(16-23(28)29)25(31)27-14-12-21(13-15-27)26-24(30)19-6-4-3-5-7-19/h3-11,20-21H,2,12-17H2,1H3,(H,26,30). The maximum Gasteiger partial charge on any atom is 0.251 e. The monoisotopic (exact) mass is 419 g/mol. The van der Waals surface area contributed by atoms with Crippen LogP contribution >= 0.6 is 0 Å². The zero-order chi connectivity index (χ0) is 21.8. The van der Waals surface area contributed by atoms with Crippen LogP contribution in [0.4, 0.5) is 5.69 Å². The maximum absolute atomic E-state index is 13.0. The van der Waals surface area contributed by atoms with Crippen LogP contribution in [0.1, 0.15) is 42.1 Å². The van der Waals surface area contributed by atoms with Crippen molar-refractivity contribution in [2.45, 2.75) is 38.6 Å². The molecule has 2 aliphatic heterocycles. The van der Waals surface area contributed by atoms with Crippen molar-refractivity contribution in [2.75, 3.05) is 24.5 Å². The molecule has 2 aromatic rings. The first-order chi connectivity index (χ1) is 15.0. The Morgan fingerprint density at radius 2 is 1.68 bits per heavy atom. The number of benzene rings is 2. The van der Waals surface area contributed by atoms with E-state index in [4.69, 9.17) is 0 Å². The molecule has 162 valence electrons. The predicted molar refractivity (Wildman–Crippen MR) is 120 cm³/mol. The minimum atomic E-state index is -0.297. The molecule has 3 amide bonds. The smallest absolute Gasteiger partial charge is 0.251 e. The van der Waals surface area contributed by atoms with Gasteiger partial charge >= 0.3 is 0 Å². The number of amides is 3. The predicted octanol–water partition coefficient (Wildman–Crippen LogP) is 3.02. The van der Waals surface area contributed by atoms with E-state index in [1.807, 2.05) is 47.4 Å². The molecule has 6 nitrogen and oxygen atoms in total. The third kappa shape index (κ3) is 4.79. The average Bonchev–Trinajstić information content (AvgIpc) is 3.21. The van der Waals surface area contributed by atoms with E-state index in [1.165, 1.54) is 5.56 Å². The van der Waals surface area contributed by atoms with Crippen molar-refractivity contribution >= 4 is 23.4 Å². The summed E-state index contributed by atoms with van der Waals surface area (Å²) >= 11 is 0. The first kappa shape index (κ1) is 21.1. The van der Waals surface area contributed by atoms with E-state index < -0.39 is 0 Å². The molecule has 1 unspecified atom stereocenters. The molecule has 2 fully saturated rings. The van der Waals surface area contributed by atoms with Crippen molar-refractivity contribution in [2.24, 2.45) is 5.92 Å². The van der Waals surface area contributed by atoms with Crippen molar-refractivity contribution < 1.29 is 14.4 Å². The first-order valence-corrected chi connectivity index (χ1v) is 11.1. The lowest BCUT2D eigenvalue weighted by Gasteiger charge is -2.33. The second-order valence-corrected chi connectivity index (χ2v) is 8.36. The van der Waals surface area contributed by atoms with Gasteiger partial charge in [-0.1, -0.05) is 37.3 Å². The van der Waals surface area contributed by atoms with Gasteiger partial charge in [0.15, 0.2) is 0 Å². The molecule has 0 bridgehead atoms. The van der Waals surface area contributed by atoms with Crippen molar-refractivity contribution in [3.63, 3.8) is 0 Å². The van der Waals surface area contributed by atoms with Crippen LogP contribution < -0.4 is 10.2 Å². The number of rotatable bonds is 5. The zero-order valence-electron chi connectivity index (χ0n) is 17.9. The molecular formula is C25H29N3O3. The average molecular weight is 420 g/mol. The second-order valence-electron chi connectivity index (χ2n) is 8.36. The van der Waals surface area contributed by atoms with Gasteiger partial charge in [-0.05, 0) is 49.1 Å². The summed E-state index contributed by atoms with van der Waals surface area (Å²) in [6.07, 6.45) is 2.68. The fourth-order valence-electron chi connectivity index (χ4n) is 4.39. The van der Waals surface area contributed by atoms with E-state index in [1.54, 1.807) is 17.0 Å². The number of piperidine rings is 1. The van der Waals surface area contributed by atoms with E-state index in [2.05, 4.69) is 12.2 Å². The first-order valence-electron chi connectivity index (χ1n) is 11.1. The highest BCUT2D eigenvalue weighted by molar-refractivity contribution is 6.00. The number of nitrogens with zero attached hydrogens (tertiary/aromatic N) is 2. The number of nitrogens with one attached hydrogen (secondary N) is 1. The van der Waals surface area contributed by atoms with E-state index in [0.29, 0.717) is 25.2 Å². The Balaban J connectivity index is 1.29. The summed E-state index contributed by atoms with van der Waals surface area (Å²) in [4.78, 5) is 41.5. The van der Waals surface area contributed by atoms with E-state index in [9.17, 15) is 14.4 Å². The molecular weight excluding hydrogens is 390 g/mol. The quantitative estimate of drug-likeness (QED) is 0.810. The lowest BCUT2D eigenvalue weighted by Crippen LogP contribution is -2.48. The second kappa shape index (κ2) is 9.33. The molecule has 0 aromatic heterocycles. The molecule has 6 heteroatoms. The third-order valence-corrected chi connectivity index (χ3v) is 6.31. The summed E-state index contributed by atoms with van der Waals surface area (Å²) in [5, 5.41) is 3.07. The molecule has 1 atom stereocenters. The zero-order valence-corrected chi connectivity index (χ0v) is 17.9. The summed E-state index contributed by atoms with van der Waals surface area (Å²) in [7, 11) is 0. The number of carbonyl (C=O) groups is 3. The fraction of sp³-hybridized carbons (Fsp3) is 0.400. The fourth-order valence-corrected chi connectivity index (χ4v) is 4.39. The SMILES string of the molecule is CCc1ccc(N2CC(C(=O)N3CCC(NC(=O)c4ccccc4)CC3)CC2=O)cc1. The summed E-state index contributed by atoms with van der Waals surface area (Å²) in [6, 6.07) is 17.2. The van der Waals surface area contributed by atoms with Crippen LogP contribution in [0.5, 0.6) is 0 Å². The van der Waals surface area contributed by atoms with Crippen LogP contribution in [0.3, 0.4) is 0 Å². The van der Waals surface area contributed by atoms with Crippen LogP contribution in [0.15, 0.2) is 54.6 Å². The van der Waals surface area contributed by atoms with E-state index in [-0.39, 0.29) is 36.1 Å². The maximum atomic E-state index is 13.0. The molecule has 2 heterocycles. The Morgan fingerprint density at radius 3 is 2.32 bits per heavy atom. The van der Waals surface area contributed by atoms with Gasteiger partial charge in [-0.15, -0.1) is 0 Å². The third-order valence-electron chi connectivity index (χ3n) is 6.31. The highest BCUT2D eigenvalue weighted by atomic mass is 16.2. The lowest BCUT2D eigenvalue weighted by molar-refractivity contribution is -0.136. The normalized spacial score (nSPS) is 19.5. The molecule has 0 spiro atoms. The number of anilines is 1. The van der Waals surface area contributed by atoms with Gasteiger partial charge < -0.3 is 15.1 Å². The molecule has 4 rings (SSSR count). The van der Waals surface area contributed by atoms with E-state index >= 15 is 0 Å². The van der Waals surface area contributed by atoms with Crippen LogP contribution in [-0.4, -0.2) is 48.3 Å². The van der Waals surface area contributed by atoms with Crippen molar-refractivity contribution in [3.8, 4) is 0 Å². The van der Waals surface area contributed by atoms with Gasteiger partial charge in [-0.3, -0.25) is 14.4 Å². The summed E-state index contributed by atoms with van der Waals surface area (Å²) in [5.41, 5.74) is 2.74. The van der Waals surface area contributed by atoms with Crippen LogP contribution in [0.25, 0.3) is 0 Å². The van der Waals surface area contributed by atoms with Crippen LogP contribution in [0.2, 0.25) is 0 Å². The number of hydrogen-bond donors (Lipinski definition) is 1. The van der Waals surface area contributed by atoms with Gasteiger partial charge in [0.2, 0.25) is 11.8 Å².